The van der Waals surface area contributed by atoms with Crippen molar-refractivity contribution in [3.05, 3.63) is 11.1 Å². The molecule has 1 N–H and O–H groups in total. The van der Waals surface area contributed by atoms with Gasteiger partial charge >= 0.3 is 0 Å². The van der Waals surface area contributed by atoms with Crippen molar-refractivity contribution in [2.75, 3.05) is 0 Å². The van der Waals surface area contributed by atoms with Crippen LogP contribution in [0.2, 0.25) is 0 Å². The molecule has 3 unspecified atom stereocenters. The standard InChI is InChI=1S/C16H28O/c1-10-7-13-12(8-14(10)17)15(3,4)9-11(2)16(13,5)6/h10-11,14,17H,7-9H2,1-6H3. The third-order valence-corrected chi connectivity index (χ3v) is 5.60. The van der Waals surface area contributed by atoms with E-state index in [1.807, 2.05) is 0 Å². The van der Waals surface area contributed by atoms with Crippen molar-refractivity contribution in [2.45, 2.75) is 66.9 Å². The molecule has 0 radical (unpaired) electrons. The molecular formula is C16H28O. The third kappa shape index (κ3) is 1.97. The Labute approximate surface area is 106 Å². The number of hydrogen-bond donors (Lipinski definition) is 1. The minimum absolute atomic E-state index is 0.128. The molecule has 0 amide bonds. The van der Waals surface area contributed by atoms with E-state index in [0.717, 1.165) is 18.8 Å². The van der Waals surface area contributed by atoms with E-state index in [9.17, 15) is 5.11 Å². The molecule has 3 atom stereocenters. The van der Waals surface area contributed by atoms with Gasteiger partial charge in [-0.3, -0.25) is 0 Å². The Hall–Kier alpha value is -0.300. The molecule has 0 aromatic heterocycles. The highest BCUT2D eigenvalue weighted by atomic mass is 16.3. The quantitative estimate of drug-likeness (QED) is 0.626. The molecule has 98 valence electrons. The molecule has 2 aliphatic carbocycles. The van der Waals surface area contributed by atoms with Crippen LogP contribution in [-0.4, -0.2) is 11.2 Å². The molecule has 0 aromatic rings. The topological polar surface area (TPSA) is 20.2 Å². The zero-order chi connectivity index (χ0) is 13.0. The Balaban J connectivity index is 2.50. The molecule has 2 rings (SSSR count). The summed E-state index contributed by atoms with van der Waals surface area (Å²) in [7, 11) is 0. The van der Waals surface area contributed by atoms with Gasteiger partial charge in [-0.05, 0) is 41.9 Å². The molecule has 17 heavy (non-hydrogen) atoms. The fraction of sp³-hybridized carbons (Fsp3) is 0.875. The Morgan fingerprint density at radius 2 is 1.59 bits per heavy atom. The molecule has 1 heteroatoms. The normalized spacial score (nSPS) is 40.1. The highest BCUT2D eigenvalue weighted by Gasteiger charge is 2.46. The van der Waals surface area contributed by atoms with E-state index >= 15 is 0 Å². The van der Waals surface area contributed by atoms with E-state index in [-0.39, 0.29) is 11.5 Å². The first-order chi connectivity index (χ1) is 7.66. The van der Waals surface area contributed by atoms with Crippen molar-refractivity contribution in [3.63, 3.8) is 0 Å². The smallest absolute Gasteiger partial charge is 0.0606 e. The molecule has 2 aliphatic rings. The molecule has 0 aliphatic heterocycles. The molecule has 1 nitrogen and oxygen atoms in total. The van der Waals surface area contributed by atoms with Gasteiger partial charge in [-0.2, -0.15) is 0 Å². The van der Waals surface area contributed by atoms with Crippen molar-refractivity contribution in [1.82, 2.24) is 0 Å². The van der Waals surface area contributed by atoms with E-state index in [2.05, 4.69) is 41.5 Å². The third-order valence-electron chi connectivity index (χ3n) is 5.60. The summed E-state index contributed by atoms with van der Waals surface area (Å²) in [6.07, 6.45) is 3.12. The number of aliphatic hydroxyl groups is 1. The van der Waals surface area contributed by atoms with Crippen LogP contribution in [0.25, 0.3) is 0 Å². The largest absolute Gasteiger partial charge is 0.393 e. The first kappa shape index (κ1) is 13.1. The molecule has 0 saturated heterocycles. The summed E-state index contributed by atoms with van der Waals surface area (Å²) in [5.41, 5.74) is 3.82. The predicted octanol–water partition coefficient (Wildman–Crippen LogP) is 4.17. The van der Waals surface area contributed by atoms with Crippen LogP contribution in [0.3, 0.4) is 0 Å². The number of aliphatic hydroxyl groups excluding tert-OH is 1. The Morgan fingerprint density at radius 3 is 2.18 bits per heavy atom. The van der Waals surface area contributed by atoms with E-state index in [1.165, 1.54) is 6.42 Å². The second-order valence-corrected chi connectivity index (χ2v) is 7.62. The predicted molar refractivity (Wildman–Crippen MR) is 72.8 cm³/mol. The summed E-state index contributed by atoms with van der Waals surface area (Å²) in [4.78, 5) is 0. The second kappa shape index (κ2) is 3.85. The number of hydrogen-bond acceptors (Lipinski definition) is 1. The van der Waals surface area contributed by atoms with Crippen LogP contribution in [0, 0.1) is 22.7 Å². The van der Waals surface area contributed by atoms with Crippen molar-refractivity contribution < 1.29 is 5.11 Å². The van der Waals surface area contributed by atoms with Crippen LogP contribution in [-0.2, 0) is 0 Å². The Morgan fingerprint density at radius 1 is 1.00 bits per heavy atom. The maximum Gasteiger partial charge on any atom is 0.0606 e. The van der Waals surface area contributed by atoms with E-state index in [1.54, 1.807) is 11.1 Å². The zero-order valence-electron chi connectivity index (χ0n) is 12.3. The minimum atomic E-state index is -0.128. The maximum atomic E-state index is 10.2. The van der Waals surface area contributed by atoms with Crippen LogP contribution >= 0.6 is 0 Å². The first-order valence-corrected chi connectivity index (χ1v) is 7.07. The molecule has 0 aromatic carbocycles. The highest BCUT2D eigenvalue weighted by Crippen LogP contribution is 2.56. The lowest BCUT2D eigenvalue weighted by Crippen LogP contribution is -2.42. The van der Waals surface area contributed by atoms with E-state index in [0.29, 0.717) is 11.3 Å². The molecular weight excluding hydrogens is 208 g/mol. The van der Waals surface area contributed by atoms with Gasteiger partial charge in [0.25, 0.3) is 0 Å². The Kier molecular flexibility index (Phi) is 2.97. The molecule has 0 heterocycles. The van der Waals surface area contributed by atoms with E-state index < -0.39 is 0 Å². The lowest BCUT2D eigenvalue weighted by atomic mass is 9.54. The average molecular weight is 236 g/mol. The monoisotopic (exact) mass is 236 g/mol. The van der Waals surface area contributed by atoms with Gasteiger partial charge in [0.1, 0.15) is 0 Å². The summed E-state index contributed by atoms with van der Waals surface area (Å²) >= 11 is 0. The van der Waals surface area contributed by atoms with Gasteiger partial charge in [0.2, 0.25) is 0 Å². The van der Waals surface area contributed by atoms with Gasteiger partial charge in [0.05, 0.1) is 6.10 Å². The van der Waals surface area contributed by atoms with Gasteiger partial charge in [-0.1, -0.05) is 52.7 Å². The van der Waals surface area contributed by atoms with Gasteiger partial charge < -0.3 is 5.11 Å². The van der Waals surface area contributed by atoms with Crippen LogP contribution in [0.1, 0.15) is 60.8 Å². The maximum absolute atomic E-state index is 10.2. The molecule has 0 saturated carbocycles. The summed E-state index contributed by atoms with van der Waals surface area (Å²) in [6.45, 7) is 14.1. The summed E-state index contributed by atoms with van der Waals surface area (Å²) in [5.74, 6) is 1.16. The van der Waals surface area contributed by atoms with Gasteiger partial charge in [0, 0.05) is 0 Å². The van der Waals surface area contributed by atoms with Crippen molar-refractivity contribution >= 4 is 0 Å². The Bertz CT molecular complexity index is 349. The molecule has 0 fully saturated rings. The van der Waals surface area contributed by atoms with Gasteiger partial charge in [-0.15, -0.1) is 0 Å². The fourth-order valence-electron chi connectivity index (χ4n) is 3.89. The van der Waals surface area contributed by atoms with Crippen LogP contribution in [0.15, 0.2) is 11.1 Å². The molecule has 0 bridgehead atoms. The molecule has 0 spiro atoms. The van der Waals surface area contributed by atoms with E-state index in [4.69, 9.17) is 0 Å². The first-order valence-electron chi connectivity index (χ1n) is 7.07. The van der Waals surface area contributed by atoms with Crippen molar-refractivity contribution in [3.8, 4) is 0 Å². The van der Waals surface area contributed by atoms with Crippen LogP contribution < -0.4 is 0 Å². The SMILES string of the molecule is CC1CC2=C(CC1O)C(C)(C)CC(C)C2(C)C. The average Bonchev–Trinajstić information content (AvgIpc) is 2.18. The van der Waals surface area contributed by atoms with Crippen LogP contribution in [0.4, 0.5) is 0 Å². The lowest BCUT2D eigenvalue weighted by Gasteiger charge is -2.51. The fourth-order valence-corrected chi connectivity index (χ4v) is 3.89. The van der Waals surface area contributed by atoms with Gasteiger partial charge in [-0.25, -0.2) is 0 Å². The number of allylic oxidation sites excluding steroid dienone is 1. The second-order valence-electron chi connectivity index (χ2n) is 7.62. The zero-order valence-corrected chi connectivity index (χ0v) is 12.3. The lowest BCUT2D eigenvalue weighted by molar-refractivity contribution is 0.0697. The van der Waals surface area contributed by atoms with Gasteiger partial charge in [0.15, 0.2) is 0 Å². The highest BCUT2D eigenvalue weighted by molar-refractivity contribution is 5.33. The summed E-state index contributed by atoms with van der Waals surface area (Å²) < 4.78 is 0. The van der Waals surface area contributed by atoms with Crippen molar-refractivity contribution in [2.24, 2.45) is 22.7 Å². The van der Waals surface area contributed by atoms with Crippen LogP contribution in [0.5, 0.6) is 0 Å². The summed E-state index contributed by atoms with van der Waals surface area (Å²) in [6, 6.07) is 0. The summed E-state index contributed by atoms with van der Waals surface area (Å²) in [5, 5.41) is 10.2. The minimum Gasteiger partial charge on any atom is -0.393 e. The van der Waals surface area contributed by atoms with Crippen molar-refractivity contribution in [1.29, 1.82) is 0 Å². The number of rotatable bonds is 0.